The summed E-state index contributed by atoms with van der Waals surface area (Å²) < 4.78 is 0. The SMILES string of the molecule is Clc1cc2c(cc1Cc1ccccn1)CCC=N2. The predicted octanol–water partition coefficient (Wildman–Crippen LogP) is 3.97. The summed E-state index contributed by atoms with van der Waals surface area (Å²) in [5, 5.41) is 0.776. The summed E-state index contributed by atoms with van der Waals surface area (Å²) in [5.74, 6) is 0. The third kappa shape index (κ3) is 2.29. The largest absolute Gasteiger partial charge is 0.261 e. The average Bonchev–Trinajstić information content (AvgIpc) is 2.41. The lowest BCUT2D eigenvalue weighted by molar-refractivity contribution is 1.01. The van der Waals surface area contributed by atoms with E-state index in [1.807, 2.05) is 36.7 Å². The Labute approximate surface area is 111 Å². The van der Waals surface area contributed by atoms with Crippen molar-refractivity contribution in [1.29, 1.82) is 0 Å². The van der Waals surface area contributed by atoms with Crippen molar-refractivity contribution >= 4 is 23.5 Å². The second-order valence-electron chi connectivity index (χ2n) is 4.42. The van der Waals surface area contributed by atoms with E-state index >= 15 is 0 Å². The molecule has 0 N–H and O–H groups in total. The second-order valence-corrected chi connectivity index (χ2v) is 4.83. The Balaban J connectivity index is 1.95. The maximum Gasteiger partial charge on any atom is 0.0672 e. The van der Waals surface area contributed by atoms with E-state index in [1.165, 1.54) is 5.56 Å². The molecule has 0 aliphatic carbocycles. The molecular formula is C15H13ClN2. The van der Waals surface area contributed by atoms with Crippen molar-refractivity contribution in [2.75, 3.05) is 0 Å². The van der Waals surface area contributed by atoms with Crippen molar-refractivity contribution in [3.05, 3.63) is 58.4 Å². The summed E-state index contributed by atoms with van der Waals surface area (Å²) in [6.45, 7) is 0. The molecule has 2 heterocycles. The zero-order valence-electron chi connectivity index (χ0n) is 9.94. The Bertz CT molecular complexity index is 591. The molecule has 1 aliphatic heterocycles. The Hall–Kier alpha value is -1.67. The van der Waals surface area contributed by atoms with Gasteiger partial charge < -0.3 is 0 Å². The summed E-state index contributed by atoms with van der Waals surface area (Å²) in [5.41, 5.74) is 4.47. The molecule has 0 fully saturated rings. The molecule has 3 rings (SSSR count). The van der Waals surface area contributed by atoms with E-state index in [2.05, 4.69) is 16.0 Å². The highest BCUT2D eigenvalue weighted by molar-refractivity contribution is 6.31. The van der Waals surface area contributed by atoms with E-state index in [4.69, 9.17) is 11.6 Å². The summed E-state index contributed by atoms with van der Waals surface area (Å²) in [4.78, 5) is 8.72. The van der Waals surface area contributed by atoms with Gasteiger partial charge in [-0.2, -0.15) is 0 Å². The molecule has 1 aliphatic rings. The number of nitrogens with zero attached hydrogens (tertiary/aromatic N) is 2. The molecule has 0 saturated carbocycles. The standard InChI is InChI=1S/C15H13ClN2/c16-14-10-15-11(4-3-7-18-15)8-12(14)9-13-5-1-2-6-17-13/h1-2,5-8,10H,3-4,9H2. The highest BCUT2D eigenvalue weighted by atomic mass is 35.5. The van der Waals surface area contributed by atoms with Crippen LogP contribution >= 0.6 is 11.6 Å². The van der Waals surface area contributed by atoms with Crippen LogP contribution in [0.3, 0.4) is 0 Å². The number of benzene rings is 1. The number of pyridine rings is 1. The lowest BCUT2D eigenvalue weighted by atomic mass is 10.00. The molecule has 2 aromatic rings. The van der Waals surface area contributed by atoms with E-state index in [9.17, 15) is 0 Å². The predicted molar refractivity (Wildman–Crippen MR) is 75.0 cm³/mol. The minimum absolute atomic E-state index is 0.774. The van der Waals surface area contributed by atoms with E-state index in [-0.39, 0.29) is 0 Å². The second kappa shape index (κ2) is 4.91. The monoisotopic (exact) mass is 256 g/mol. The fourth-order valence-electron chi connectivity index (χ4n) is 2.20. The van der Waals surface area contributed by atoms with Crippen LogP contribution in [0.25, 0.3) is 0 Å². The van der Waals surface area contributed by atoms with Crippen LogP contribution in [0.15, 0.2) is 41.5 Å². The fourth-order valence-corrected chi connectivity index (χ4v) is 2.42. The van der Waals surface area contributed by atoms with Crippen LogP contribution in [0.1, 0.15) is 23.2 Å². The van der Waals surface area contributed by atoms with Crippen LogP contribution in [0.4, 0.5) is 5.69 Å². The van der Waals surface area contributed by atoms with Crippen LogP contribution < -0.4 is 0 Å². The zero-order valence-corrected chi connectivity index (χ0v) is 10.7. The number of rotatable bonds is 2. The molecule has 0 unspecified atom stereocenters. The van der Waals surface area contributed by atoms with Crippen molar-refractivity contribution in [3.8, 4) is 0 Å². The first-order chi connectivity index (χ1) is 8.83. The van der Waals surface area contributed by atoms with E-state index in [0.29, 0.717) is 0 Å². The van der Waals surface area contributed by atoms with Gasteiger partial charge in [0, 0.05) is 29.5 Å². The average molecular weight is 257 g/mol. The van der Waals surface area contributed by atoms with Crippen LogP contribution in [0.5, 0.6) is 0 Å². The lowest BCUT2D eigenvalue weighted by Crippen LogP contribution is -1.98. The number of aliphatic imine (C=N–C) groups is 1. The van der Waals surface area contributed by atoms with Crippen molar-refractivity contribution in [1.82, 2.24) is 4.98 Å². The molecule has 0 atom stereocenters. The summed E-state index contributed by atoms with van der Waals surface area (Å²) >= 11 is 6.31. The van der Waals surface area contributed by atoms with Gasteiger partial charge in [0.25, 0.3) is 0 Å². The topological polar surface area (TPSA) is 25.2 Å². The normalized spacial score (nSPS) is 13.4. The molecular weight excluding hydrogens is 244 g/mol. The minimum atomic E-state index is 0.774. The number of hydrogen-bond acceptors (Lipinski definition) is 2. The number of fused-ring (bicyclic) bond motifs is 1. The van der Waals surface area contributed by atoms with Crippen LogP contribution in [-0.4, -0.2) is 11.2 Å². The van der Waals surface area contributed by atoms with E-state index in [0.717, 1.165) is 41.2 Å². The maximum atomic E-state index is 6.31. The van der Waals surface area contributed by atoms with Gasteiger partial charge in [-0.1, -0.05) is 23.7 Å². The van der Waals surface area contributed by atoms with Crippen LogP contribution in [0, 0.1) is 0 Å². The molecule has 18 heavy (non-hydrogen) atoms. The van der Waals surface area contributed by atoms with Crippen molar-refractivity contribution in [2.45, 2.75) is 19.3 Å². The first kappa shape index (κ1) is 11.4. The van der Waals surface area contributed by atoms with Crippen molar-refractivity contribution in [2.24, 2.45) is 4.99 Å². The molecule has 3 heteroatoms. The minimum Gasteiger partial charge on any atom is -0.261 e. The van der Waals surface area contributed by atoms with Gasteiger partial charge in [-0.25, -0.2) is 0 Å². The number of hydrogen-bond donors (Lipinski definition) is 0. The smallest absolute Gasteiger partial charge is 0.0672 e. The van der Waals surface area contributed by atoms with Crippen molar-refractivity contribution < 1.29 is 0 Å². The zero-order chi connectivity index (χ0) is 12.4. The number of aryl methyl sites for hydroxylation is 1. The Morgan fingerprint density at radius 3 is 3.00 bits per heavy atom. The Morgan fingerprint density at radius 2 is 2.17 bits per heavy atom. The summed E-state index contributed by atoms with van der Waals surface area (Å²) in [6, 6.07) is 10.1. The third-order valence-electron chi connectivity index (χ3n) is 3.12. The molecule has 1 aromatic heterocycles. The number of halogens is 1. The van der Waals surface area contributed by atoms with Crippen LogP contribution in [0.2, 0.25) is 5.02 Å². The van der Waals surface area contributed by atoms with Crippen molar-refractivity contribution in [3.63, 3.8) is 0 Å². The first-order valence-electron chi connectivity index (χ1n) is 6.06. The Kier molecular flexibility index (Phi) is 3.11. The number of aromatic nitrogens is 1. The molecule has 90 valence electrons. The summed E-state index contributed by atoms with van der Waals surface area (Å²) in [7, 11) is 0. The molecule has 0 saturated heterocycles. The molecule has 0 bridgehead atoms. The highest BCUT2D eigenvalue weighted by Gasteiger charge is 2.11. The van der Waals surface area contributed by atoms with Gasteiger partial charge in [-0.3, -0.25) is 9.98 Å². The fraction of sp³-hybridized carbons (Fsp3) is 0.200. The maximum absolute atomic E-state index is 6.31. The van der Waals surface area contributed by atoms with Gasteiger partial charge >= 0.3 is 0 Å². The lowest BCUT2D eigenvalue weighted by Gasteiger charge is -2.13. The van der Waals surface area contributed by atoms with E-state index < -0.39 is 0 Å². The third-order valence-corrected chi connectivity index (χ3v) is 3.47. The molecule has 1 aromatic carbocycles. The van der Waals surface area contributed by atoms with Gasteiger partial charge in [0.05, 0.1) is 5.69 Å². The van der Waals surface area contributed by atoms with Gasteiger partial charge in [0.15, 0.2) is 0 Å². The summed E-state index contributed by atoms with van der Waals surface area (Å²) in [6.07, 6.45) is 6.60. The first-order valence-corrected chi connectivity index (χ1v) is 6.44. The quantitative estimate of drug-likeness (QED) is 0.798. The van der Waals surface area contributed by atoms with Gasteiger partial charge in [-0.05, 0) is 42.2 Å². The van der Waals surface area contributed by atoms with Crippen LogP contribution in [-0.2, 0) is 12.8 Å². The Morgan fingerprint density at radius 1 is 1.22 bits per heavy atom. The molecule has 0 amide bonds. The van der Waals surface area contributed by atoms with Gasteiger partial charge in [0.1, 0.15) is 0 Å². The molecule has 2 nitrogen and oxygen atoms in total. The van der Waals surface area contributed by atoms with Gasteiger partial charge in [0.2, 0.25) is 0 Å². The van der Waals surface area contributed by atoms with E-state index in [1.54, 1.807) is 0 Å². The highest BCUT2D eigenvalue weighted by Crippen LogP contribution is 2.31. The molecule has 0 spiro atoms. The molecule has 0 radical (unpaired) electrons. The van der Waals surface area contributed by atoms with Gasteiger partial charge in [-0.15, -0.1) is 0 Å².